The molecule has 0 saturated carbocycles. The average Bonchev–Trinajstić information content (AvgIpc) is 2.60. The maximum atomic E-state index is 5.91. The minimum Gasteiger partial charge on any atom is -0.492 e. The van der Waals surface area contributed by atoms with E-state index in [1.165, 1.54) is 0 Å². The van der Waals surface area contributed by atoms with Gasteiger partial charge in [0.15, 0.2) is 17.7 Å². The van der Waals surface area contributed by atoms with Crippen LogP contribution in [-0.4, -0.2) is 38.9 Å². The summed E-state index contributed by atoms with van der Waals surface area (Å²) in [6.07, 6.45) is 2.06. The number of benzene rings is 2. The van der Waals surface area contributed by atoms with Gasteiger partial charge in [-0.25, -0.2) is 0 Å². The summed E-state index contributed by atoms with van der Waals surface area (Å²) >= 11 is 0. The average molecular weight is 314 g/mol. The largest absolute Gasteiger partial charge is 0.492 e. The van der Waals surface area contributed by atoms with Crippen molar-refractivity contribution in [1.29, 1.82) is 0 Å². The molecule has 0 aliphatic carbocycles. The van der Waals surface area contributed by atoms with Crippen LogP contribution in [0.3, 0.4) is 0 Å². The van der Waals surface area contributed by atoms with Gasteiger partial charge in [0.1, 0.15) is 5.75 Å². The van der Waals surface area contributed by atoms with Crippen LogP contribution in [0.25, 0.3) is 0 Å². The van der Waals surface area contributed by atoms with Crippen molar-refractivity contribution < 1.29 is 23.5 Å². The molecular weight excluding hydrogens is 294 g/mol. The highest BCUT2D eigenvalue weighted by Gasteiger charge is 2.24. The van der Waals surface area contributed by atoms with Gasteiger partial charge < -0.3 is 18.9 Å². The smallest absolute Gasteiger partial charge is 0.292 e. The van der Waals surface area contributed by atoms with Gasteiger partial charge in [-0.1, -0.05) is 12.1 Å². The molecule has 0 aromatic heterocycles. The zero-order chi connectivity index (χ0) is 16.4. The van der Waals surface area contributed by atoms with Crippen molar-refractivity contribution in [3.8, 4) is 23.0 Å². The minimum absolute atomic E-state index is 0.427. The molecule has 0 amide bonds. The second kappa shape index (κ2) is 6.20. The first kappa shape index (κ1) is 15.2. The molecule has 2 aromatic rings. The van der Waals surface area contributed by atoms with Crippen molar-refractivity contribution in [3.63, 3.8) is 0 Å². The fraction of sp³-hybridized carbons (Fsp3) is 0.278. The van der Waals surface area contributed by atoms with E-state index >= 15 is 0 Å². The Kier molecular flexibility index (Phi) is 4.10. The summed E-state index contributed by atoms with van der Waals surface area (Å²) in [5.41, 5.74) is 3.08. The van der Waals surface area contributed by atoms with Gasteiger partial charge >= 0.3 is 0 Å². The van der Waals surface area contributed by atoms with Crippen molar-refractivity contribution in [2.75, 3.05) is 28.1 Å². The fourth-order valence-electron chi connectivity index (χ4n) is 2.70. The summed E-state index contributed by atoms with van der Waals surface area (Å²) in [5.74, 6) is 2.74. The third kappa shape index (κ3) is 2.70. The second-order valence-electron chi connectivity index (χ2n) is 5.25. The Hall–Kier alpha value is -2.69. The van der Waals surface area contributed by atoms with Gasteiger partial charge in [0, 0.05) is 0 Å². The van der Waals surface area contributed by atoms with Gasteiger partial charge in [0.05, 0.1) is 39.0 Å². The molecule has 0 radical (unpaired) electrons. The van der Waals surface area contributed by atoms with Crippen LogP contribution < -0.4 is 18.9 Å². The minimum atomic E-state index is 0.427. The summed E-state index contributed by atoms with van der Waals surface area (Å²) in [7, 11) is 4.81. The molecule has 23 heavy (non-hydrogen) atoms. The summed E-state index contributed by atoms with van der Waals surface area (Å²) in [4.78, 5) is 0. The van der Waals surface area contributed by atoms with E-state index in [2.05, 4.69) is 6.21 Å². The third-order valence-corrected chi connectivity index (χ3v) is 3.87. The maximum absolute atomic E-state index is 5.91. The standard InChI is InChI=1S/C18H20NO4/c1-12-6-5-7-13-10-19(11-23-17(12)13)14-8-15(20-2)18(22-4)16(9-14)21-3/h5-10H,11H2,1-4H3/q+1. The molecule has 0 atom stereocenters. The van der Waals surface area contributed by atoms with Crippen LogP contribution >= 0.6 is 0 Å². The number of hydrogen-bond donors (Lipinski definition) is 0. The lowest BCUT2D eigenvalue weighted by Gasteiger charge is -2.17. The molecule has 0 bridgehead atoms. The summed E-state index contributed by atoms with van der Waals surface area (Å²) < 4.78 is 24.1. The Morgan fingerprint density at radius 2 is 1.70 bits per heavy atom. The maximum Gasteiger partial charge on any atom is 0.292 e. The van der Waals surface area contributed by atoms with Crippen LogP contribution in [-0.2, 0) is 0 Å². The molecule has 120 valence electrons. The highest BCUT2D eigenvalue weighted by molar-refractivity contribution is 5.82. The molecule has 1 aliphatic heterocycles. The first-order chi connectivity index (χ1) is 11.2. The van der Waals surface area contributed by atoms with Crippen molar-refractivity contribution >= 4 is 11.9 Å². The van der Waals surface area contributed by atoms with Crippen LogP contribution in [0.2, 0.25) is 0 Å². The Bertz CT molecular complexity index is 743. The van der Waals surface area contributed by atoms with Crippen LogP contribution in [0.5, 0.6) is 23.0 Å². The van der Waals surface area contributed by atoms with Gasteiger partial charge in [-0.05, 0) is 18.6 Å². The van der Waals surface area contributed by atoms with Gasteiger partial charge in [-0.15, -0.1) is 0 Å². The van der Waals surface area contributed by atoms with Crippen molar-refractivity contribution in [2.24, 2.45) is 0 Å². The third-order valence-electron chi connectivity index (χ3n) is 3.87. The quantitative estimate of drug-likeness (QED) is 0.813. The van der Waals surface area contributed by atoms with Crippen LogP contribution in [0.1, 0.15) is 11.1 Å². The van der Waals surface area contributed by atoms with Gasteiger partial charge in [0.25, 0.3) is 6.73 Å². The van der Waals surface area contributed by atoms with E-state index in [1.807, 2.05) is 41.8 Å². The Labute approximate surface area is 135 Å². The van der Waals surface area contributed by atoms with E-state index < -0.39 is 0 Å². The Morgan fingerprint density at radius 3 is 2.30 bits per heavy atom. The van der Waals surface area contributed by atoms with Gasteiger partial charge in [0.2, 0.25) is 11.4 Å². The molecule has 0 spiro atoms. The fourth-order valence-corrected chi connectivity index (χ4v) is 2.70. The molecule has 5 nitrogen and oxygen atoms in total. The first-order valence-electron chi connectivity index (χ1n) is 7.32. The van der Waals surface area contributed by atoms with Crippen molar-refractivity contribution in [1.82, 2.24) is 0 Å². The number of ether oxygens (including phenoxy) is 4. The predicted molar refractivity (Wildman–Crippen MR) is 87.9 cm³/mol. The second-order valence-corrected chi connectivity index (χ2v) is 5.25. The summed E-state index contributed by atoms with van der Waals surface area (Å²) in [6.45, 7) is 2.47. The molecule has 1 heterocycles. The lowest BCUT2D eigenvalue weighted by Crippen LogP contribution is -2.21. The first-order valence-corrected chi connectivity index (χ1v) is 7.32. The summed E-state index contributed by atoms with van der Waals surface area (Å²) in [6, 6.07) is 9.91. The van der Waals surface area contributed by atoms with E-state index in [0.717, 1.165) is 22.6 Å². The number of aryl methyl sites for hydroxylation is 1. The molecular formula is C18H20NO4+. The van der Waals surface area contributed by atoms with E-state index in [0.29, 0.717) is 24.0 Å². The number of nitrogens with zero attached hydrogens (tertiary/aromatic N) is 1. The lowest BCUT2D eigenvalue weighted by molar-refractivity contribution is -0.476. The van der Waals surface area contributed by atoms with Gasteiger partial charge in [-0.2, -0.15) is 4.58 Å². The monoisotopic (exact) mass is 314 g/mol. The molecule has 0 saturated heterocycles. The van der Waals surface area contributed by atoms with E-state index in [-0.39, 0.29) is 0 Å². The van der Waals surface area contributed by atoms with Crippen molar-refractivity contribution in [3.05, 3.63) is 41.5 Å². The normalized spacial score (nSPS) is 12.8. The van der Waals surface area contributed by atoms with E-state index in [4.69, 9.17) is 18.9 Å². The number of fused-ring (bicyclic) bond motifs is 1. The van der Waals surface area contributed by atoms with E-state index in [9.17, 15) is 0 Å². The number of para-hydroxylation sites is 1. The van der Waals surface area contributed by atoms with E-state index in [1.54, 1.807) is 21.3 Å². The highest BCUT2D eigenvalue weighted by Crippen LogP contribution is 2.41. The van der Waals surface area contributed by atoms with Crippen LogP contribution in [0.15, 0.2) is 30.3 Å². The molecule has 5 heteroatoms. The molecule has 0 unspecified atom stereocenters. The number of methoxy groups -OCH3 is 3. The SMILES string of the molecule is COc1cc([N+]2=Cc3cccc(C)c3OC2)cc(OC)c1OC. The van der Waals surface area contributed by atoms with Crippen molar-refractivity contribution in [2.45, 2.75) is 6.92 Å². The van der Waals surface area contributed by atoms with Crippen LogP contribution in [0.4, 0.5) is 5.69 Å². The zero-order valence-electron chi connectivity index (χ0n) is 13.8. The molecule has 0 fully saturated rings. The highest BCUT2D eigenvalue weighted by atomic mass is 16.5. The topological polar surface area (TPSA) is 39.9 Å². The number of hydrogen-bond acceptors (Lipinski definition) is 4. The summed E-state index contributed by atoms with van der Waals surface area (Å²) in [5, 5.41) is 0. The van der Waals surface area contributed by atoms with Gasteiger partial charge in [-0.3, -0.25) is 0 Å². The molecule has 3 rings (SSSR count). The number of rotatable bonds is 4. The lowest BCUT2D eigenvalue weighted by atomic mass is 10.1. The molecule has 0 N–H and O–H groups in total. The molecule has 1 aliphatic rings. The van der Waals surface area contributed by atoms with Crippen LogP contribution in [0, 0.1) is 6.92 Å². The molecule has 2 aromatic carbocycles. The zero-order valence-corrected chi connectivity index (χ0v) is 13.8. The Morgan fingerprint density at radius 1 is 1.00 bits per heavy atom. The Balaban J connectivity index is 2.09. The predicted octanol–water partition coefficient (Wildman–Crippen LogP) is 3.13.